The molecule has 2 aromatic carbocycles. The lowest BCUT2D eigenvalue weighted by molar-refractivity contribution is -0.133. The monoisotopic (exact) mass is 363 g/mol. The number of hydrogen-bond donors (Lipinski definition) is 0. The van der Waals surface area contributed by atoms with Crippen LogP contribution < -0.4 is 0 Å². The van der Waals surface area contributed by atoms with Crippen LogP contribution in [-0.4, -0.2) is 30.5 Å². The Morgan fingerprint density at radius 1 is 1.00 bits per heavy atom. The van der Waals surface area contributed by atoms with Crippen molar-refractivity contribution in [1.29, 1.82) is 0 Å². The molecular weight excluding hydrogens is 341 g/mol. The highest BCUT2D eigenvalue weighted by Gasteiger charge is 2.31. The summed E-state index contributed by atoms with van der Waals surface area (Å²) >= 11 is 0. The van der Waals surface area contributed by atoms with Crippen LogP contribution in [-0.2, 0) is 21.2 Å². The number of nitrogens with zero attached hydrogens (tertiary/aromatic N) is 1. The van der Waals surface area contributed by atoms with E-state index in [1.165, 1.54) is 23.1 Å². The molecule has 0 aliphatic heterocycles. The van der Waals surface area contributed by atoms with Crippen LogP contribution in [0.5, 0.6) is 0 Å². The van der Waals surface area contributed by atoms with Gasteiger partial charge in [-0.1, -0.05) is 42.5 Å². The lowest BCUT2D eigenvalue weighted by Gasteiger charge is -2.36. The average Bonchev–Trinajstić information content (AvgIpc) is 2.52. The van der Waals surface area contributed by atoms with Crippen molar-refractivity contribution in [2.24, 2.45) is 0 Å². The van der Waals surface area contributed by atoms with E-state index in [4.69, 9.17) is 0 Å². The van der Waals surface area contributed by atoms with Gasteiger partial charge in [-0.25, -0.2) is 12.8 Å². The Morgan fingerprint density at radius 2 is 1.56 bits per heavy atom. The fourth-order valence-corrected chi connectivity index (χ4v) is 3.77. The summed E-state index contributed by atoms with van der Waals surface area (Å²) in [5, 5.41) is 0. The van der Waals surface area contributed by atoms with Crippen molar-refractivity contribution in [1.82, 2.24) is 4.90 Å². The van der Waals surface area contributed by atoms with Gasteiger partial charge in [0.2, 0.25) is 5.91 Å². The molecule has 25 heavy (non-hydrogen) atoms. The third-order valence-corrected chi connectivity index (χ3v) is 5.41. The highest BCUT2D eigenvalue weighted by Crippen LogP contribution is 2.21. The Kier molecular flexibility index (Phi) is 5.62. The molecule has 2 rings (SSSR count). The number of benzene rings is 2. The molecule has 0 atom stereocenters. The minimum Gasteiger partial charge on any atom is -0.333 e. The molecule has 0 fully saturated rings. The summed E-state index contributed by atoms with van der Waals surface area (Å²) in [5.74, 6) is -2.17. The third kappa shape index (κ3) is 4.89. The maximum Gasteiger partial charge on any atom is 0.238 e. The number of carbonyl (C=O) groups excluding carboxylic acids is 1. The molecule has 134 valence electrons. The van der Waals surface area contributed by atoms with E-state index < -0.39 is 37.7 Å². The van der Waals surface area contributed by atoms with E-state index in [-0.39, 0.29) is 6.54 Å². The molecule has 0 saturated carbocycles. The molecule has 0 aromatic heterocycles. The molecule has 1 amide bonds. The maximum absolute atomic E-state index is 13.8. The van der Waals surface area contributed by atoms with E-state index in [0.717, 1.165) is 11.6 Å². The first-order chi connectivity index (χ1) is 11.6. The van der Waals surface area contributed by atoms with Crippen LogP contribution in [0, 0.1) is 5.82 Å². The van der Waals surface area contributed by atoms with Gasteiger partial charge in [0.15, 0.2) is 9.84 Å². The summed E-state index contributed by atoms with van der Waals surface area (Å²) < 4.78 is 38.7. The predicted octanol–water partition coefficient (Wildman–Crippen LogP) is 3.43. The van der Waals surface area contributed by atoms with E-state index in [0.29, 0.717) is 0 Å². The Bertz CT molecular complexity index is 842. The van der Waals surface area contributed by atoms with E-state index in [1.807, 2.05) is 51.1 Å². The molecule has 2 aromatic rings. The smallest absolute Gasteiger partial charge is 0.238 e. The first-order valence-electron chi connectivity index (χ1n) is 7.93. The number of halogens is 1. The van der Waals surface area contributed by atoms with Crippen molar-refractivity contribution in [3.8, 4) is 0 Å². The van der Waals surface area contributed by atoms with Crippen LogP contribution in [0.4, 0.5) is 4.39 Å². The lowest BCUT2D eigenvalue weighted by Crippen LogP contribution is -2.47. The minimum absolute atomic E-state index is 0.288. The van der Waals surface area contributed by atoms with Crippen molar-refractivity contribution in [2.75, 3.05) is 5.75 Å². The zero-order valence-corrected chi connectivity index (χ0v) is 15.4. The molecule has 0 saturated heterocycles. The zero-order chi connectivity index (χ0) is 18.7. The Morgan fingerprint density at radius 3 is 2.12 bits per heavy atom. The Balaban J connectivity index is 2.27. The number of hydrogen-bond acceptors (Lipinski definition) is 3. The number of carbonyl (C=O) groups is 1. The van der Waals surface area contributed by atoms with Crippen LogP contribution in [0.3, 0.4) is 0 Å². The van der Waals surface area contributed by atoms with Crippen LogP contribution in [0.15, 0.2) is 59.5 Å². The van der Waals surface area contributed by atoms with Gasteiger partial charge < -0.3 is 4.90 Å². The van der Waals surface area contributed by atoms with Gasteiger partial charge in [0, 0.05) is 12.1 Å². The molecular formula is C19H22FNO3S. The van der Waals surface area contributed by atoms with Gasteiger partial charge >= 0.3 is 0 Å². The summed E-state index contributed by atoms with van der Waals surface area (Å²) in [4.78, 5) is 13.8. The first-order valence-corrected chi connectivity index (χ1v) is 9.58. The quantitative estimate of drug-likeness (QED) is 0.818. The molecule has 0 unspecified atom stereocenters. The lowest BCUT2D eigenvalue weighted by atomic mass is 10.0. The molecule has 0 heterocycles. The van der Waals surface area contributed by atoms with Gasteiger partial charge in [0.25, 0.3) is 0 Å². The fraction of sp³-hybridized carbons (Fsp3) is 0.316. The van der Waals surface area contributed by atoms with Crippen molar-refractivity contribution < 1.29 is 17.6 Å². The molecule has 4 nitrogen and oxygen atoms in total. The molecule has 0 aliphatic rings. The van der Waals surface area contributed by atoms with Crippen molar-refractivity contribution >= 4 is 15.7 Å². The normalized spacial score (nSPS) is 12.0. The Hall–Kier alpha value is -2.21. The second kappa shape index (κ2) is 7.35. The summed E-state index contributed by atoms with van der Waals surface area (Å²) in [5.41, 5.74) is 0.326. The summed E-state index contributed by atoms with van der Waals surface area (Å²) in [6.45, 7) is 5.80. The molecule has 0 spiro atoms. The van der Waals surface area contributed by atoms with Gasteiger partial charge in [0.1, 0.15) is 16.5 Å². The fourth-order valence-electron chi connectivity index (χ4n) is 2.48. The van der Waals surface area contributed by atoms with Gasteiger partial charge in [-0.2, -0.15) is 0 Å². The first kappa shape index (κ1) is 19.1. The molecule has 0 N–H and O–H groups in total. The number of rotatable bonds is 5. The van der Waals surface area contributed by atoms with Crippen LogP contribution in [0.2, 0.25) is 0 Å². The predicted molar refractivity (Wildman–Crippen MR) is 95.2 cm³/mol. The molecule has 0 radical (unpaired) electrons. The summed E-state index contributed by atoms with van der Waals surface area (Å²) in [7, 11) is -4.05. The third-order valence-electron chi connectivity index (χ3n) is 3.78. The van der Waals surface area contributed by atoms with Gasteiger partial charge in [-0.3, -0.25) is 4.79 Å². The minimum atomic E-state index is -4.05. The van der Waals surface area contributed by atoms with Crippen molar-refractivity contribution in [3.63, 3.8) is 0 Å². The van der Waals surface area contributed by atoms with Crippen LogP contribution in [0.25, 0.3) is 0 Å². The van der Waals surface area contributed by atoms with E-state index >= 15 is 0 Å². The summed E-state index contributed by atoms with van der Waals surface area (Å²) in [6, 6.07) is 14.4. The van der Waals surface area contributed by atoms with E-state index in [9.17, 15) is 17.6 Å². The molecule has 0 aliphatic carbocycles. The van der Waals surface area contributed by atoms with E-state index in [2.05, 4.69) is 0 Å². The van der Waals surface area contributed by atoms with Crippen molar-refractivity contribution in [2.45, 2.75) is 37.8 Å². The maximum atomic E-state index is 13.8. The molecule has 6 heteroatoms. The second-order valence-corrected chi connectivity index (χ2v) is 8.78. The van der Waals surface area contributed by atoms with Crippen LogP contribution >= 0.6 is 0 Å². The van der Waals surface area contributed by atoms with Gasteiger partial charge in [-0.15, -0.1) is 0 Å². The highest BCUT2D eigenvalue weighted by atomic mass is 32.2. The zero-order valence-electron chi connectivity index (χ0n) is 14.6. The summed E-state index contributed by atoms with van der Waals surface area (Å²) in [6.07, 6.45) is 0. The SMILES string of the molecule is CC(C)(C)N(Cc1ccccc1)C(=O)CS(=O)(=O)c1ccccc1F. The van der Waals surface area contributed by atoms with E-state index in [1.54, 1.807) is 0 Å². The molecule has 0 bridgehead atoms. The van der Waals surface area contributed by atoms with Crippen molar-refractivity contribution in [3.05, 3.63) is 66.0 Å². The standard InChI is InChI=1S/C19H22FNO3S/c1-19(2,3)21(13-15-9-5-4-6-10-15)18(22)14-25(23,24)17-12-8-7-11-16(17)20/h4-12H,13-14H2,1-3H3. The highest BCUT2D eigenvalue weighted by molar-refractivity contribution is 7.92. The number of sulfone groups is 1. The average molecular weight is 363 g/mol. The topological polar surface area (TPSA) is 54.5 Å². The van der Waals surface area contributed by atoms with Gasteiger partial charge in [0.05, 0.1) is 0 Å². The van der Waals surface area contributed by atoms with Crippen LogP contribution in [0.1, 0.15) is 26.3 Å². The Labute approximate surface area is 148 Å². The van der Waals surface area contributed by atoms with Gasteiger partial charge in [-0.05, 0) is 38.5 Å². The second-order valence-electron chi connectivity index (χ2n) is 6.83. The largest absolute Gasteiger partial charge is 0.333 e. The number of amides is 1.